The molecule has 14 nitrogen and oxygen atoms in total. The molecular weight excluding hydrogens is 579 g/mol. The fourth-order valence-corrected chi connectivity index (χ4v) is 3.95. The number of carbonyl (C=O) groups is 2. The summed E-state index contributed by atoms with van der Waals surface area (Å²) in [6, 6.07) is 13.3. The van der Waals surface area contributed by atoms with E-state index in [4.69, 9.17) is 9.47 Å². The van der Waals surface area contributed by atoms with Gasteiger partial charge in [-0.15, -0.1) is 10.2 Å². The summed E-state index contributed by atoms with van der Waals surface area (Å²) in [5.74, 6) is -2.04. The number of halogens is 1. The summed E-state index contributed by atoms with van der Waals surface area (Å²) < 4.78 is 25.1. The lowest BCUT2D eigenvalue weighted by atomic mass is 10.1. The van der Waals surface area contributed by atoms with Crippen LogP contribution in [-0.2, 0) is 20.9 Å². The van der Waals surface area contributed by atoms with Crippen molar-refractivity contribution in [3.05, 3.63) is 98.4 Å². The molecule has 0 heterocycles. The second-order valence-corrected chi connectivity index (χ2v) is 9.50. The summed E-state index contributed by atoms with van der Waals surface area (Å²) in [4.78, 5) is 46.9. The first kappa shape index (κ1) is 32.8. The SMILES string of the molecule is C=C(C)COC(=O)CCN(Cc1ccccc1)c1cc(NC(C)=O)c(N=Nc2cc(F)c([N+](=O)[O-])cc2[N+](=O)[O-])cc1OC. The van der Waals surface area contributed by atoms with Crippen molar-refractivity contribution < 1.29 is 33.3 Å². The van der Waals surface area contributed by atoms with E-state index in [-0.39, 0.29) is 36.7 Å². The molecule has 0 aromatic heterocycles. The number of esters is 1. The van der Waals surface area contributed by atoms with Gasteiger partial charge in [-0.1, -0.05) is 36.9 Å². The number of nitro benzene ring substituents is 2. The predicted molar refractivity (Wildman–Crippen MR) is 159 cm³/mol. The van der Waals surface area contributed by atoms with Crippen molar-refractivity contribution in [3.63, 3.8) is 0 Å². The van der Waals surface area contributed by atoms with Crippen LogP contribution in [0.15, 0.2) is 77.0 Å². The number of amides is 1. The van der Waals surface area contributed by atoms with E-state index in [1.807, 2.05) is 35.2 Å². The van der Waals surface area contributed by atoms with Crippen molar-refractivity contribution in [2.24, 2.45) is 10.2 Å². The van der Waals surface area contributed by atoms with Crippen LogP contribution in [0.3, 0.4) is 0 Å². The topological polar surface area (TPSA) is 179 Å². The summed E-state index contributed by atoms with van der Waals surface area (Å²) in [6.07, 6.45) is 0.00950. The third-order valence-electron chi connectivity index (χ3n) is 5.93. The summed E-state index contributed by atoms with van der Waals surface area (Å²) in [5.41, 5.74) is -0.385. The molecule has 0 bridgehead atoms. The molecule has 0 fully saturated rings. The normalized spacial score (nSPS) is 10.7. The van der Waals surface area contributed by atoms with Gasteiger partial charge in [0.25, 0.3) is 0 Å². The van der Waals surface area contributed by atoms with Crippen molar-refractivity contribution in [3.8, 4) is 5.75 Å². The minimum atomic E-state index is -1.34. The van der Waals surface area contributed by atoms with Gasteiger partial charge in [-0.3, -0.25) is 29.8 Å². The molecule has 3 aromatic rings. The van der Waals surface area contributed by atoms with Crippen LogP contribution in [0.5, 0.6) is 5.75 Å². The summed E-state index contributed by atoms with van der Waals surface area (Å²) >= 11 is 0. The van der Waals surface area contributed by atoms with Gasteiger partial charge in [0.15, 0.2) is 5.69 Å². The van der Waals surface area contributed by atoms with Gasteiger partial charge in [0.05, 0.1) is 40.8 Å². The van der Waals surface area contributed by atoms with E-state index in [9.17, 15) is 34.2 Å². The zero-order chi connectivity index (χ0) is 32.4. The Kier molecular flexibility index (Phi) is 11.1. The molecule has 0 saturated heterocycles. The fourth-order valence-electron chi connectivity index (χ4n) is 3.95. The van der Waals surface area contributed by atoms with E-state index in [1.165, 1.54) is 26.2 Å². The second-order valence-electron chi connectivity index (χ2n) is 9.50. The lowest BCUT2D eigenvalue weighted by molar-refractivity contribution is -0.395. The first-order chi connectivity index (χ1) is 20.9. The molecule has 1 amide bonds. The number of nitro groups is 2. The van der Waals surface area contributed by atoms with Crippen LogP contribution < -0.4 is 15.0 Å². The number of benzene rings is 3. The minimum Gasteiger partial charge on any atom is -0.494 e. The van der Waals surface area contributed by atoms with Crippen molar-refractivity contribution in [1.29, 1.82) is 0 Å². The number of rotatable bonds is 14. The molecule has 0 aliphatic heterocycles. The molecule has 15 heteroatoms. The van der Waals surface area contributed by atoms with Crippen molar-refractivity contribution in [2.45, 2.75) is 26.8 Å². The molecule has 1 N–H and O–H groups in total. The maximum Gasteiger partial charge on any atom is 0.311 e. The average Bonchev–Trinajstić information content (AvgIpc) is 2.97. The van der Waals surface area contributed by atoms with Crippen molar-refractivity contribution in [1.82, 2.24) is 0 Å². The third kappa shape index (κ3) is 8.88. The Morgan fingerprint density at radius 3 is 2.25 bits per heavy atom. The Morgan fingerprint density at radius 2 is 1.66 bits per heavy atom. The molecule has 0 saturated carbocycles. The number of nitrogens with zero attached hydrogens (tertiary/aromatic N) is 5. The van der Waals surface area contributed by atoms with E-state index in [0.29, 0.717) is 29.9 Å². The Balaban J connectivity index is 2.08. The molecule has 0 unspecified atom stereocenters. The van der Waals surface area contributed by atoms with E-state index in [1.54, 1.807) is 6.92 Å². The van der Waals surface area contributed by atoms with Gasteiger partial charge in [0.2, 0.25) is 11.7 Å². The van der Waals surface area contributed by atoms with E-state index in [2.05, 4.69) is 22.1 Å². The molecule has 0 aliphatic carbocycles. The number of ether oxygens (including phenoxy) is 2. The highest BCUT2D eigenvalue weighted by molar-refractivity contribution is 5.94. The highest BCUT2D eigenvalue weighted by atomic mass is 19.1. The fraction of sp³-hybridized carbons (Fsp3) is 0.241. The quantitative estimate of drug-likeness (QED) is 0.0699. The first-order valence-corrected chi connectivity index (χ1v) is 13.0. The predicted octanol–water partition coefficient (Wildman–Crippen LogP) is 6.54. The van der Waals surface area contributed by atoms with Crippen LogP contribution in [0, 0.1) is 26.0 Å². The Bertz CT molecular complexity index is 1610. The number of hydrogen-bond acceptors (Lipinski definition) is 11. The summed E-state index contributed by atoms with van der Waals surface area (Å²) in [7, 11) is 1.39. The number of anilines is 2. The van der Waals surface area contributed by atoms with Gasteiger partial charge in [0.1, 0.15) is 18.0 Å². The number of methoxy groups -OCH3 is 1. The first-order valence-electron chi connectivity index (χ1n) is 13.0. The standard InChI is InChI=1S/C29H29FN6O8/c1-18(2)17-44-29(38)10-11-34(16-20-8-6-5-7-9-20)27-13-22(31-19(3)37)23(14-28(27)43-4)32-33-24-12-21(30)25(35(39)40)15-26(24)36(41)42/h5-9,12-15H,1,10-11,16-17H2,2-4H3,(H,31,37). The van der Waals surface area contributed by atoms with E-state index < -0.39 is 44.6 Å². The van der Waals surface area contributed by atoms with E-state index in [0.717, 1.165) is 5.56 Å². The van der Waals surface area contributed by atoms with Crippen molar-refractivity contribution in [2.75, 3.05) is 30.5 Å². The molecule has 3 aromatic carbocycles. The van der Waals surface area contributed by atoms with Gasteiger partial charge >= 0.3 is 17.3 Å². The molecular formula is C29H29FN6O8. The third-order valence-corrected chi connectivity index (χ3v) is 5.93. The minimum absolute atomic E-state index is 0.00950. The van der Waals surface area contributed by atoms with Gasteiger partial charge in [0, 0.05) is 32.1 Å². The number of nitrogens with one attached hydrogen (secondary N) is 1. The maximum atomic E-state index is 14.3. The molecule has 44 heavy (non-hydrogen) atoms. The maximum absolute atomic E-state index is 14.3. The lowest BCUT2D eigenvalue weighted by Crippen LogP contribution is -2.27. The van der Waals surface area contributed by atoms with Crippen molar-refractivity contribution >= 4 is 46.0 Å². The Hall–Kier alpha value is -5.73. The smallest absolute Gasteiger partial charge is 0.311 e. The number of hydrogen-bond donors (Lipinski definition) is 1. The van der Waals surface area contributed by atoms with Gasteiger partial charge in [-0.2, -0.15) is 4.39 Å². The van der Waals surface area contributed by atoms with Crippen LogP contribution in [0.1, 0.15) is 25.8 Å². The van der Waals surface area contributed by atoms with Crippen LogP contribution in [-0.4, -0.2) is 42.0 Å². The lowest BCUT2D eigenvalue weighted by Gasteiger charge is -2.27. The zero-order valence-electron chi connectivity index (χ0n) is 24.1. The molecule has 0 radical (unpaired) electrons. The zero-order valence-corrected chi connectivity index (χ0v) is 24.1. The van der Waals surface area contributed by atoms with Gasteiger partial charge in [-0.05, 0) is 24.1 Å². The number of azo groups is 1. The number of carbonyl (C=O) groups excluding carboxylic acids is 2. The molecule has 0 aliphatic rings. The van der Waals surface area contributed by atoms with E-state index >= 15 is 0 Å². The highest BCUT2D eigenvalue weighted by Gasteiger charge is 2.25. The highest BCUT2D eigenvalue weighted by Crippen LogP contribution is 2.41. The van der Waals surface area contributed by atoms with Crippen LogP contribution in [0.4, 0.5) is 38.5 Å². The Morgan fingerprint density at radius 1 is 1.00 bits per heavy atom. The molecule has 0 atom stereocenters. The van der Waals surface area contributed by atoms with Crippen LogP contribution in [0.2, 0.25) is 0 Å². The molecule has 3 rings (SSSR count). The summed E-state index contributed by atoms with van der Waals surface area (Å²) in [5, 5.41) is 32.9. The second kappa shape index (κ2) is 14.9. The van der Waals surface area contributed by atoms with Gasteiger partial charge in [-0.25, -0.2) is 0 Å². The van der Waals surface area contributed by atoms with Gasteiger partial charge < -0.3 is 19.7 Å². The Labute approximate surface area is 251 Å². The van der Waals surface area contributed by atoms with Crippen LogP contribution >= 0.6 is 0 Å². The average molecular weight is 609 g/mol. The molecule has 0 spiro atoms. The van der Waals surface area contributed by atoms with Crippen LogP contribution in [0.25, 0.3) is 0 Å². The monoisotopic (exact) mass is 608 g/mol. The largest absolute Gasteiger partial charge is 0.494 e. The molecule has 230 valence electrons. The summed E-state index contributed by atoms with van der Waals surface area (Å²) in [6.45, 7) is 7.31.